The fourth-order valence-electron chi connectivity index (χ4n) is 3.32. The molecular formula is C22H32N2O5. The molecule has 1 aliphatic rings. The van der Waals surface area contributed by atoms with Crippen molar-refractivity contribution >= 4 is 18.0 Å². The summed E-state index contributed by atoms with van der Waals surface area (Å²) in [5.74, 6) is -0.674. The predicted octanol–water partition coefficient (Wildman–Crippen LogP) is 3.18. The minimum absolute atomic E-state index is 0.107. The molecule has 2 rings (SSSR count). The van der Waals surface area contributed by atoms with E-state index in [1.807, 2.05) is 30.3 Å². The molecule has 7 heteroatoms. The van der Waals surface area contributed by atoms with Gasteiger partial charge in [-0.25, -0.2) is 9.59 Å². The molecule has 2 N–H and O–H groups in total. The van der Waals surface area contributed by atoms with Gasteiger partial charge >= 0.3 is 12.1 Å². The molecule has 7 nitrogen and oxygen atoms in total. The fraction of sp³-hybridized carbons (Fsp3) is 0.591. The zero-order valence-electron chi connectivity index (χ0n) is 17.3. The van der Waals surface area contributed by atoms with Crippen LogP contribution in [0.5, 0.6) is 0 Å². The molecule has 1 atom stereocenters. The maximum atomic E-state index is 12.3. The molecule has 1 aliphatic carbocycles. The minimum Gasteiger partial charge on any atom is -0.454 e. The van der Waals surface area contributed by atoms with Crippen LogP contribution in [0.1, 0.15) is 51.5 Å². The first-order chi connectivity index (χ1) is 14.0. The molecule has 1 aromatic carbocycles. The first-order valence-electron chi connectivity index (χ1n) is 10.4. The summed E-state index contributed by atoms with van der Waals surface area (Å²) in [5.41, 5.74) is 0.848. The van der Waals surface area contributed by atoms with Crippen LogP contribution in [-0.2, 0) is 25.7 Å². The maximum absolute atomic E-state index is 12.3. The van der Waals surface area contributed by atoms with Crippen molar-refractivity contribution in [3.63, 3.8) is 0 Å². The van der Waals surface area contributed by atoms with Gasteiger partial charge in [-0.05, 0) is 30.2 Å². The molecule has 1 aromatic rings. The van der Waals surface area contributed by atoms with Crippen molar-refractivity contribution in [2.24, 2.45) is 11.8 Å². The normalized spacial score (nSPS) is 15.4. The van der Waals surface area contributed by atoms with Crippen molar-refractivity contribution in [3.05, 3.63) is 35.9 Å². The Balaban J connectivity index is 1.71. The first-order valence-corrected chi connectivity index (χ1v) is 10.4. The summed E-state index contributed by atoms with van der Waals surface area (Å²) < 4.78 is 10.3. The van der Waals surface area contributed by atoms with Crippen LogP contribution >= 0.6 is 0 Å². The second-order valence-electron chi connectivity index (χ2n) is 7.84. The van der Waals surface area contributed by atoms with Crippen molar-refractivity contribution in [2.75, 3.05) is 13.2 Å². The van der Waals surface area contributed by atoms with Crippen LogP contribution < -0.4 is 10.6 Å². The van der Waals surface area contributed by atoms with Crippen molar-refractivity contribution in [3.8, 4) is 0 Å². The van der Waals surface area contributed by atoms with Crippen molar-refractivity contribution in [1.82, 2.24) is 10.6 Å². The Labute approximate surface area is 172 Å². The van der Waals surface area contributed by atoms with E-state index in [1.165, 1.54) is 19.3 Å². The molecule has 29 heavy (non-hydrogen) atoms. The highest BCUT2D eigenvalue weighted by Gasteiger charge is 2.27. The van der Waals surface area contributed by atoms with Gasteiger partial charge in [0.25, 0.3) is 5.91 Å². The van der Waals surface area contributed by atoms with Crippen molar-refractivity contribution in [2.45, 2.75) is 58.6 Å². The van der Waals surface area contributed by atoms with Gasteiger partial charge in [0.1, 0.15) is 12.6 Å². The zero-order valence-corrected chi connectivity index (χ0v) is 17.3. The first kappa shape index (κ1) is 22.7. The van der Waals surface area contributed by atoms with Crippen LogP contribution in [0.2, 0.25) is 0 Å². The summed E-state index contributed by atoms with van der Waals surface area (Å²) >= 11 is 0. The number of hydrogen-bond acceptors (Lipinski definition) is 5. The number of hydrogen-bond donors (Lipinski definition) is 2. The van der Waals surface area contributed by atoms with Gasteiger partial charge < -0.3 is 20.1 Å². The topological polar surface area (TPSA) is 93.7 Å². The summed E-state index contributed by atoms with van der Waals surface area (Å²) in [5, 5.41) is 5.35. The van der Waals surface area contributed by atoms with Gasteiger partial charge in [0.05, 0.1) is 0 Å². The Morgan fingerprint density at radius 2 is 1.72 bits per heavy atom. The van der Waals surface area contributed by atoms with Gasteiger partial charge in [-0.3, -0.25) is 4.79 Å². The Kier molecular flexibility index (Phi) is 9.47. The largest absolute Gasteiger partial charge is 0.454 e. The third-order valence-corrected chi connectivity index (χ3v) is 5.06. The molecule has 0 spiro atoms. The lowest BCUT2D eigenvalue weighted by molar-refractivity contribution is -0.151. The number of rotatable bonds is 9. The van der Waals surface area contributed by atoms with E-state index in [1.54, 1.807) is 13.8 Å². The second-order valence-corrected chi connectivity index (χ2v) is 7.84. The molecule has 0 saturated heterocycles. The van der Waals surface area contributed by atoms with Crippen LogP contribution in [0.3, 0.4) is 0 Å². The lowest BCUT2D eigenvalue weighted by Gasteiger charge is -2.22. The molecular weight excluding hydrogens is 372 g/mol. The van der Waals surface area contributed by atoms with E-state index in [0.717, 1.165) is 18.4 Å². The Hall–Kier alpha value is -2.57. The predicted molar refractivity (Wildman–Crippen MR) is 109 cm³/mol. The van der Waals surface area contributed by atoms with Crippen LogP contribution in [0, 0.1) is 11.8 Å². The number of carbonyl (C=O) groups excluding carboxylic acids is 3. The number of nitrogens with one attached hydrogen (secondary N) is 2. The van der Waals surface area contributed by atoms with Crippen molar-refractivity contribution < 1.29 is 23.9 Å². The van der Waals surface area contributed by atoms with Gasteiger partial charge in [-0.2, -0.15) is 0 Å². The highest BCUT2D eigenvalue weighted by Crippen LogP contribution is 2.22. The lowest BCUT2D eigenvalue weighted by atomic mass is 9.89. The van der Waals surface area contributed by atoms with Crippen LogP contribution in [0.15, 0.2) is 30.3 Å². The van der Waals surface area contributed by atoms with Gasteiger partial charge in [0.2, 0.25) is 0 Å². The Morgan fingerprint density at radius 3 is 2.38 bits per heavy atom. The molecule has 0 unspecified atom stereocenters. The third kappa shape index (κ3) is 8.54. The quantitative estimate of drug-likeness (QED) is 0.617. The number of benzene rings is 1. The molecule has 0 radical (unpaired) electrons. The molecule has 160 valence electrons. The monoisotopic (exact) mass is 404 g/mol. The number of carbonyl (C=O) groups is 3. The second kappa shape index (κ2) is 12.1. The highest BCUT2D eigenvalue weighted by atomic mass is 16.6. The van der Waals surface area contributed by atoms with Crippen LogP contribution in [0.25, 0.3) is 0 Å². The lowest BCUT2D eigenvalue weighted by Crippen LogP contribution is -2.46. The molecule has 1 fully saturated rings. The van der Waals surface area contributed by atoms with Gasteiger partial charge in [0, 0.05) is 6.54 Å². The van der Waals surface area contributed by atoms with Crippen LogP contribution in [0.4, 0.5) is 4.79 Å². The van der Waals surface area contributed by atoms with E-state index < -0.39 is 18.1 Å². The number of amides is 2. The Bertz CT molecular complexity index is 656. The number of esters is 1. The van der Waals surface area contributed by atoms with E-state index in [4.69, 9.17) is 9.47 Å². The summed E-state index contributed by atoms with van der Waals surface area (Å²) in [4.78, 5) is 36.3. The third-order valence-electron chi connectivity index (χ3n) is 5.06. The highest BCUT2D eigenvalue weighted by molar-refractivity contribution is 5.84. The fourth-order valence-corrected chi connectivity index (χ4v) is 3.32. The maximum Gasteiger partial charge on any atom is 0.408 e. The summed E-state index contributed by atoms with van der Waals surface area (Å²) in [6.07, 6.45) is 5.23. The van der Waals surface area contributed by atoms with Gasteiger partial charge in [-0.1, -0.05) is 63.4 Å². The van der Waals surface area contributed by atoms with E-state index in [2.05, 4.69) is 10.6 Å². The molecule has 0 heterocycles. The minimum atomic E-state index is -0.885. The van der Waals surface area contributed by atoms with Gasteiger partial charge in [0.15, 0.2) is 6.61 Å². The Morgan fingerprint density at radius 1 is 1.03 bits per heavy atom. The van der Waals surface area contributed by atoms with E-state index in [9.17, 15) is 14.4 Å². The molecule has 0 bridgehead atoms. The van der Waals surface area contributed by atoms with E-state index in [0.29, 0.717) is 12.5 Å². The average molecular weight is 405 g/mol. The standard InChI is InChI=1S/C22H32N2O5/c1-16(2)20(24-22(27)29-14-18-11-7-4-8-12-18)21(26)28-15-19(25)23-13-17-9-5-3-6-10-17/h4,7-8,11-12,16-17,20H,3,5-6,9-10,13-15H2,1-2H3,(H,23,25)(H,24,27)/t20-/m0/s1. The molecule has 2 amide bonds. The summed E-state index contributed by atoms with van der Waals surface area (Å²) in [6, 6.07) is 8.37. The number of alkyl carbamates (subject to hydrolysis) is 1. The van der Waals surface area contributed by atoms with Gasteiger partial charge in [-0.15, -0.1) is 0 Å². The smallest absolute Gasteiger partial charge is 0.408 e. The zero-order chi connectivity index (χ0) is 21.1. The SMILES string of the molecule is CC(C)[C@H](NC(=O)OCc1ccccc1)C(=O)OCC(=O)NCC1CCCCC1. The number of ether oxygens (including phenoxy) is 2. The van der Waals surface area contributed by atoms with E-state index >= 15 is 0 Å². The van der Waals surface area contributed by atoms with E-state index in [-0.39, 0.29) is 25.0 Å². The molecule has 0 aromatic heterocycles. The summed E-state index contributed by atoms with van der Waals surface area (Å²) in [7, 11) is 0. The van der Waals surface area contributed by atoms with Crippen LogP contribution in [-0.4, -0.2) is 37.2 Å². The molecule has 0 aliphatic heterocycles. The molecule has 1 saturated carbocycles. The average Bonchev–Trinajstić information content (AvgIpc) is 2.74. The summed E-state index contributed by atoms with van der Waals surface area (Å²) in [6.45, 7) is 3.94. The van der Waals surface area contributed by atoms with Crippen molar-refractivity contribution in [1.29, 1.82) is 0 Å².